The predicted octanol–water partition coefficient (Wildman–Crippen LogP) is 4.09. The number of aromatic nitrogens is 2. The number of benzene rings is 2. The molecule has 0 spiro atoms. The van der Waals surface area contributed by atoms with Gasteiger partial charge in [-0.05, 0) is 36.8 Å². The highest BCUT2D eigenvalue weighted by atomic mass is 16.6. The molecule has 1 aliphatic rings. The Hall–Kier alpha value is -3.28. The molecule has 1 aromatic heterocycles. The van der Waals surface area contributed by atoms with E-state index in [9.17, 15) is 0 Å². The molecule has 0 fully saturated rings. The van der Waals surface area contributed by atoms with E-state index in [1.807, 2.05) is 43.3 Å². The van der Waals surface area contributed by atoms with Crippen molar-refractivity contribution in [1.82, 2.24) is 9.97 Å². The van der Waals surface area contributed by atoms with Gasteiger partial charge in [-0.15, -0.1) is 0 Å². The van der Waals surface area contributed by atoms with Crippen LogP contribution in [0.3, 0.4) is 0 Å². The van der Waals surface area contributed by atoms with Crippen molar-refractivity contribution in [3.63, 3.8) is 0 Å². The number of anilines is 2. The van der Waals surface area contributed by atoms with Gasteiger partial charge in [0.1, 0.15) is 19.0 Å². The highest BCUT2D eigenvalue weighted by Crippen LogP contribution is 2.35. The van der Waals surface area contributed by atoms with E-state index in [-0.39, 0.29) is 0 Å². The Labute approximate surface area is 145 Å². The summed E-state index contributed by atoms with van der Waals surface area (Å²) < 4.78 is 16.8. The van der Waals surface area contributed by atoms with E-state index in [1.165, 1.54) is 5.56 Å². The molecule has 6 nitrogen and oxygen atoms in total. The van der Waals surface area contributed by atoms with Gasteiger partial charge in [-0.2, -0.15) is 0 Å². The lowest BCUT2D eigenvalue weighted by Crippen LogP contribution is -2.15. The Kier molecular flexibility index (Phi) is 4.08. The highest BCUT2D eigenvalue weighted by Gasteiger charge is 2.12. The first-order valence-corrected chi connectivity index (χ1v) is 7.99. The van der Waals surface area contributed by atoms with E-state index >= 15 is 0 Å². The van der Waals surface area contributed by atoms with Crippen molar-refractivity contribution in [3.8, 4) is 23.0 Å². The first kappa shape index (κ1) is 15.3. The molecule has 0 radical (unpaired) electrons. The van der Waals surface area contributed by atoms with Crippen LogP contribution >= 0.6 is 0 Å². The molecule has 0 amide bonds. The molecule has 126 valence electrons. The maximum atomic E-state index is 5.78. The van der Waals surface area contributed by atoms with Crippen molar-refractivity contribution in [3.05, 3.63) is 60.4 Å². The van der Waals surface area contributed by atoms with E-state index in [2.05, 4.69) is 15.3 Å². The molecule has 0 saturated heterocycles. The molecular weight excluding hydrogens is 318 g/mol. The van der Waals surface area contributed by atoms with E-state index in [0.29, 0.717) is 36.4 Å². The third-order valence-corrected chi connectivity index (χ3v) is 3.65. The number of nitrogens with zero attached hydrogens (tertiary/aromatic N) is 2. The van der Waals surface area contributed by atoms with Crippen LogP contribution in [0.5, 0.6) is 23.0 Å². The third-order valence-electron chi connectivity index (χ3n) is 3.65. The number of hydrogen-bond acceptors (Lipinski definition) is 6. The Balaban J connectivity index is 1.45. The second-order valence-electron chi connectivity index (χ2n) is 5.64. The third kappa shape index (κ3) is 3.63. The fraction of sp³-hybridized carbons (Fsp3) is 0.158. The normalized spacial score (nSPS) is 12.5. The van der Waals surface area contributed by atoms with Crippen LogP contribution in [-0.2, 0) is 0 Å². The first-order chi connectivity index (χ1) is 12.3. The summed E-state index contributed by atoms with van der Waals surface area (Å²) in [6.45, 7) is 3.14. The second-order valence-corrected chi connectivity index (χ2v) is 5.64. The van der Waals surface area contributed by atoms with E-state index in [0.717, 1.165) is 11.4 Å². The minimum Gasteiger partial charge on any atom is -0.486 e. The topological polar surface area (TPSA) is 65.5 Å². The highest BCUT2D eigenvalue weighted by molar-refractivity contribution is 5.54. The molecule has 0 saturated carbocycles. The Morgan fingerprint density at radius 3 is 2.52 bits per heavy atom. The van der Waals surface area contributed by atoms with Gasteiger partial charge >= 0.3 is 0 Å². The fourth-order valence-corrected chi connectivity index (χ4v) is 2.51. The lowest BCUT2D eigenvalue weighted by Gasteiger charge is -2.18. The summed E-state index contributed by atoms with van der Waals surface area (Å²) in [6.07, 6.45) is 3.25. The second kappa shape index (κ2) is 6.68. The molecule has 2 heterocycles. The van der Waals surface area contributed by atoms with Crippen LogP contribution in [0, 0.1) is 6.92 Å². The van der Waals surface area contributed by atoms with Crippen molar-refractivity contribution >= 4 is 11.6 Å². The van der Waals surface area contributed by atoms with Gasteiger partial charge in [0, 0.05) is 11.8 Å². The average Bonchev–Trinajstić information content (AvgIpc) is 2.63. The molecule has 1 aliphatic heterocycles. The summed E-state index contributed by atoms with van der Waals surface area (Å²) in [5.74, 6) is 3.12. The number of ether oxygens (including phenoxy) is 3. The van der Waals surface area contributed by atoms with Crippen LogP contribution in [0.2, 0.25) is 0 Å². The molecule has 1 N–H and O–H groups in total. The maximum Gasteiger partial charge on any atom is 0.227 e. The van der Waals surface area contributed by atoms with Crippen LogP contribution in [0.25, 0.3) is 0 Å². The number of fused-ring (bicyclic) bond motifs is 1. The molecule has 0 unspecified atom stereocenters. The minimum atomic E-state index is 0.514. The van der Waals surface area contributed by atoms with Crippen molar-refractivity contribution < 1.29 is 14.2 Å². The molecule has 3 aromatic rings. The lowest BCUT2D eigenvalue weighted by atomic mass is 10.2. The number of rotatable bonds is 4. The quantitative estimate of drug-likeness (QED) is 0.774. The zero-order valence-corrected chi connectivity index (χ0v) is 13.7. The largest absolute Gasteiger partial charge is 0.486 e. The lowest BCUT2D eigenvalue weighted by molar-refractivity contribution is 0.171. The van der Waals surface area contributed by atoms with Crippen molar-refractivity contribution in [2.45, 2.75) is 6.92 Å². The van der Waals surface area contributed by atoms with Gasteiger partial charge < -0.3 is 19.5 Å². The molecule has 0 aliphatic carbocycles. The molecule has 0 atom stereocenters. The smallest absolute Gasteiger partial charge is 0.227 e. The predicted molar refractivity (Wildman–Crippen MR) is 94.0 cm³/mol. The Morgan fingerprint density at radius 1 is 0.920 bits per heavy atom. The minimum absolute atomic E-state index is 0.514. The van der Waals surface area contributed by atoms with Crippen molar-refractivity contribution in [2.75, 3.05) is 18.5 Å². The van der Waals surface area contributed by atoms with Crippen LogP contribution < -0.4 is 19.5 Å². The number of nitrogens with one attached hydrogen (secondary N) is 1. The van der Waals surface area contributed by atoms with E-state index < -0.39 is 0 Å². The molecule has 4 rings (SSSR count). The number of aryl methyl sites for hydroxylation is 1. The number of hydrogen-bond donors (Lipinski definition) is 1. The average molecular weight is 335 g/mol. The van der Waals surface area contributed by atoms with Gasteiger partial charge in [-0.25, -0.2) is 9.97 Å². The summed E-state index contributed by atoms with van der Waals surface area (Å²) in [5, 5.41) is 3.16. The zero-order valence-electron chi connectivity index (χ0n) is 13.7. The summed E-state index contributed by atoms with van der Waals surface area (Å²) in [5.41, 5.74) is 2.11. The van der Waals surface area contributed by atoms with Gasteiger partial charge in [-0.1, -0.05) is 12.1 Å². The molecule has 2 aromatic carbocycles. The fourth-order valence-electron chi connectivity index (χ4n) is 2.51. The van der Waals surface area contributed by atoms with Crippen molar-refractivity contribution in [2.24, 2.45) is 0 Å². The molecule has 6 heteroatoms. The molecular formula is C19H17N3O3. The summed E-state index contributed by atoms with van der Waals surface area (Å²) in [6, 6.07) is 13.5. The zero-order chi connectivity index (χ0) is 17.1. The Bertz CT molecular complexity index is 881. The van der Waals surface area contributed by atoms with E-state index in [4.69, 9.17) is 14.2 Å². The van der Waals surface area contributed by atoms with Crippen LogP contribution in [0.4, 0.5) is 11.6 Å². The molecule has 0 bridgehead atoms. The standard InChI is InChI=1S/C19H17N3O3/c1-13-3-2-4-14(9-13)22-19-20-11-16(12-21-19)25-15-5-6-17-18(10-15)24-8-7-23-17/h2-6,9-12H,7-8H2,1H3,(H,20,21,22). The van der Waals surface area contributed by atoms with Gasteiger partial charge in [0.2, 0.25) is 5.95 Å². The first-order valence-electron chi connectivity index (χ1n) is 7.99. The summed E-state index contributed by atoms with van der Waals surface area (Å²) in [7, 11) is 0. The van der Waals surface area contributed by atoms with Gasteiger partial charge in [0.15, 0.2) is 17.2 Å². The van der Waals surface area contributed by atoms with Gasteiger partial charge in [0.05, 0.1) is 12.4 Å². The Morgan fingerprint density at radius 2 is 1.72 bits per heavy atom. The van der Waals surface area contributed by atoms with Crippen LogP contribution in [0.1, 0.15) is 5.56 Å². The van der Waals surface area contributed by atoms with E-state index in [1.54, 1.807) is 18.5 Å². The maximum absolute atomic E-state index is 5.78. The monoisotopic (exact) mass is 335 g/mol. The van der Waals surface area contributed by atoms with Gasteiger partial charge in [-0.3, -0.25) is 0 Å². The SMILES string of the molecule is Cc1cccc(Nc2ncc(Oc3ccc4c(c3)OCCO4)cn2)c1. The molecule has 25 heavy (non-hydrogen) atoms. The van der Waals surface area contributed by atoms with Crippen molar-refractivity contribution in [1.29, 1.82) is 0 Å². The van der Waals surface area contributed by atoms with Crippen LogP contribution in [-0.4, -0.2) is 23.2 Å². The summed E-state index contributed by atoms with van der Waals surface area (Å²) >= 11 is 0. The van der Waals surface area contributed by atoms with Gasteiger partial charge in [0.25, 0.3) is 0 Å². The van der Waals surface area contributed by atoms with Crippen LogP contribution in [0.15, 0.2) is 54.9 Å². The summed E-state index contributed by atoms with van der Waals surface area (Å²) in [4.78, 5) is 8.57.